The Balaban J connectivity index is 1.77. The fourth-order valence-electron chi connectivity index (χ4n) is 1.74. The molecule has 0 spiro atoms. The maximum Gasteiger partial charge on any atom is 0.225 e. The van der Waals surface area contributed by atoms with Gasteiger partial charge >= 0.3 is 0 Å². The third-order valence-electron chi connectivity index (χ3n) is 2.65. The van der Waals surface area contributed by atoms with E-state index in [0.717, 1.165) is 29.1 Å². The van der Waals surface area contributed by atoms with Crippen LogP contribution in [0.3, 0.4) is 0 Å². The molecule has 0 aliphatic heterocycles. The van der Waals surface area contributed by atoms with Gasteiger partial charge in [-0.1, -0.05) is 5.21 Å². The van der Waals surface area contributed by atoms with Crippen LogP contribution >= 0.6 is 11.3 Å². The van der Waals surface area contributed by atoms with Crippen LogP contribution in [0.25, 0.3) is 10.2 Å². The van der Waals surface area contributed by atoms with Gasteiger partial charge in [0.25, 0.3) is 0 Å². The Morgan fingerprint density at radius 3 is 3.11 bits per heavy atom. The van der Waals surface area contributed by atoms with Crippen molar-refractivity contribution in [2.45, 2.75) is 6.54 Å². The Morgan fingerprint density at radius 1 is 1.37 bits per heavy atom. The second-order valence-corrected chi connectivity index (χ2v) is 4.77. The van der Waals surface area contributed by atoms with Crippen molar-refractivity contribution < 1.29 is 0 Å². The first kappa shape index (κ1) is 11.8. The highest BCUT2D eigenvalue weighted by molar-refractivity contribution is 7.16. The van der Waals surface area contributed by atoms with Gasteiger partial charge in [0, 0.05) is 19.8 Å². The number of anilines is 2. The van der Waals surface area contributed by atoms with E-state index in [9.17, 15) is 0 Å². The van der Waals surface area contributed by atoms with Crippen molar-refractivity contribution in [1.82, 2.24) is 25.0 Å². The molecule has 0 amide bonds. The molecule has 0 bridgehead atoms. The van der Waals surface area contributed by atoms with Gasteiger partial charge < -0.3 is 10.6 Å². The minimum Gasteiger partial charge on any atom is -0.368 e. The molecule has 3 aromatic rings. The molecule has 0 saturated heterocycles. The van der Waals surface area contributed by atoms with Crippen LogP contribution in [0.1, 0.15) is 0 Å². The van der Waals surface area contributed by atoms with E-state index in [1.54, 1.807) is 22.2 Å². The molecule has 0 atom stereocenters. The predicted molar refractivity (Wildman–Crippen MR) is 75.5 cm³/mol. The first-order chi connectivity index (χ1) is 9.36. The van der Waals surface area contributed by atoms with Gasteiger partial charge in [-0.3, -0.25) is 4.68 Å². The summed E-state index contributed by atoms with van der Waals surface area (Å²) in [7, 11) is 1.81. The van der Waals surface area contributed by atoms with Crippen LogP contribution in [-0.2, 0) is 6.54 Å². The number of nitrogens with zero attached hydrogens (tertiary/aromatic N) is 5. The number of nitrogens with one attached hydrogen (secondary N) is 2. The predicted octanol–water partition coefficient (Wildman–Crippen LogP) is 1.44. The van der Waals surface area contributed by atoms with Gasteiger partial charge in [0.2, 0.25) is 5.95 Å². The fourth-order valence-corrected chi connectivity index (χ4v) is 2.51. The van der Waals surface area contributed by atoms with Crippen molar-refractivity contribution in [2.75, 3.05) is 24.2 Å². The van der Waals surface area contributed by atoms with Gasteiger partial charge in [-0.05, 0) is 11.4 Å². The van der Waals surface area contributed by atoms with E-state index < -0.39 is 0 Å². The zero-order valence-electron chi connectivity index (χ0n) is 10.4. The summed E-state index contributed by atoms with van der Waals surface area (Å²) < 4.78 is 1.78. The van der Waals surface area contributed by atoms with Gasteiger partial charge in [-0.15, -0.1) is 16.4 Å². The van der Waals surface area contributed by atoms with Crippen molar-refractivity contribution in [3.05, 3.63) is 23.8 Å². The second kappa shape index (κ2) is 5.19. The number of hydrogen-bond acceptors (Lipinski definition) is 7. The number of fused-ring (bicyclic) bond motifs is 1. The molecular weight excluding hydrogens is 262 g/mol. The molecule has 2 N–H and O–H groups in total. The van der Waals surface area contributed by atoms with Gasteiger partial charge in [0.05, 0.1) is 18.1 Å². The molecule has 0 radical (unpaired) electrons. The van der Waals surface area contributed by atoms with Crippen molar-refractivity contribution in [1.29, 1.82) is 0 Å². The zero-order valence-corrected chi connectivity index (χ0v) is 11.2. The highest BCUT2D eigenvalue weighted by atomic mass is 32.1. The molecule has 0 fully saturated rings. The molecule has 0 saturated carbocycles. The first-order valence-corrected chi connectivity index (χ1v) is 6.76. The average Bonchev–Trinajstić information content (AvgIpc) is 3.08. The van der Waals surface area contributed by atoms with Gasteiger partial charge in [0.1, 0.15) is 10.6 Å². The van der Waals surface area contributed by atoms with Crippen molar-refractivity contribution >= 4 is 33.3 Å². The molecule has 98 valence electrons. The Morgan fingerprint density at radius 2 is 2.32 bits per heavy atom. The number of thiophene rings is 1. The largest absolute Gasteiger partial charge is 0.368 e. The zero-order chi connectivity index (χ0) is 13.1. The highest BCUT2D eigenvalue weighted by Gasteiger charge is 2.07. The SMILES string of the molecule is CNc1nc(NCCn2ccnn2)c2ccsc2n1. The Kier molecular flexibility index (Phi) is 3.23. The van der Waals surface area contributed by atoms with E-state index in [0.29, 0.717) is 5.95 Å². The summed E-state index contributed by atoms with van der Waals surface area (Å²) in [6.45, 7) is 1.47. The molecule has 0 aliphatic carbocycles. The summed E-state index contributed by atoms with van der Waals surface area (Å²) >= 11 is 1.60. The first-order valence-electron chi connectivity index (χ1n) is 5.88. The van der Waals surface area contributed by atoms with Crippen LogP contribution in [-0.4, -0.2) is 38.6 Å². The minimum absolute atomic E-state index is 0.623. The Hall–Kier alpha value is -2.22. The molecule has 0 aliphatic rings. The topological polar surface area (TPSA) is 80.5 Å². The molecule has 19 heavy (non-hydrogen) atoms. The fraction of sp³-hybridized carbons (Fsp3) is 0.273. The lowest BCUT2D eigenvalue weighted by atomic mass is 10.4. The van der Waals surface area contributed by atoms with Crippen molar-refractivity contribution in [3.8, 4) is 0 Å². The molecule has 3 rings (SSSR count). The molecular formula is C11H13N7S. The minimum atomic E-state index is 0.623. The maximum atomic E-state index is 4.44. The lowest BCUT2D eigenvalue weighted by molar-refractivity contribution is 0.608. The number of rotatable bonds is 5. The van der Waals surface area contributed by atoms with Gasteiger partial charge in [0.15, 0.2) is 0 Å². The van der Waals surface area contributed by atoms with E-state index in [1.807, 2.05) is 24.7 Å². The van der Waals surface area contributed by atoms with E-state index in [1.165, 1.54) is 0 Å². The summed E-state index contributed by atoms with van der Waals surface area (Å²) in [6, 6.07) is 2.03. The normalized spacial score (nSPS) is 10.8. The molecule has 0 unspecified atom stereocenters. The van der Waals surface area contributed by atoms with Crippen LogP contribution in [0.2, 0.25) is 0 Å². The van der Waals surface area contributed by atoms with E-state index in [2.05, 4.69) is 30.9 Å². The molecule has 3 heterocycles. The second-order valence-electron chi connectivity index (χ2n) is 3.88. The summed E-state index contributed by atoms with van der Waals surface area (Å²) in [5, 5.41) is 17.0. The van der Waals surface area contributed by atoms with Crippen LogP contribution in [0.4, 0.5) is 11.8 Å². The maximum absolute atomic E-state index is 4.44. The van der Waals surface area contributed by atoms with E-state index in [4.69, 9.17) is 0 Å². The molecule has 0 aromatic carbocycles. The molecule has 3 aromatic heterocycles. The molecule has 8 heteroatoms. The smallest absolute Gasteiger partial charge is 0.225 e. The van der Waals surface area contributed by atoms with Gasteiger partial charge in [-0.25, -0.2) is 4.98 Å². The van der Waals surface area contributed by atoms with Crippen LogP contribution in [0.15, 0.2) is 23.8 Å². The standard InChI is InChI=1S/C11H13N7S/c1-12-11-15-9(8-2-7-19-10(8)16-11)13-3-5-18-6-4-14-17-18/h2,4,6-7H,3,5H2,1H3,(H2,12,13,15,16). The third-order valence-corrected chi connectivity index (χ3v) is 3.46. The lowest BCUT2D eigenvalue weighted by Crippen LogP contribution is -2.12. The quantitative estimate of drug-likeness (QED) is 0.733. The summed E-state index contributed by atoms with van der Waals surface area (Å²) in [4.78, 5) is 9.81. The van der Waals surface area contributed by atoms with Crippen molar-refractivity contribution in [2.24, 2.45) is 0 Å². The van der Waals surface area contributed by atoms with Gasteiger partial charge in [-0.2, -0.15) is 4.98 Å². The third kappa shape index (κ3) is 2.48. The van der Waals surface area contributed by atoms with Crippen LogP contribution in [0, 0.1) is 0 Å². The highest BCUT2D eigenvalue weighted by Crippen LogP contribution is 2.26. The monoisotopic (exact) mass is 275 g/mol. The Labute approximate surface area is 113 Å². The molecule has 7 nitrogen and oxygen atoms in total. The Bertz CT molecular complexity index is 661. The van der Waals surface area contributed by atoms with Crippen LogP contribution < -0.4 is 10.6 Å². The van der Waals surface area contributed by atoms with Crippen LogP contribution in [0.5, 0.6) is 0 Å². The van der Waals surface area contributed by atoms with Crippen molar-refractivity contribution in [3.63, 3.8) is 0 Å². The summed E-state index contributed by atoms with van der Waals surface area (Å²) in [5.74, 6) is 1.47. The lowest BCUT2D eigenvalue weighted by Gasteiger charge is -2.08. The van der Waals surface area contributed by atoms with E-state index >= 15 is 0 Å². The summed E-state index contributed by atoms with van der Waals surface area (Å²) in [6.07, 6.45) is 3.50. The summed E-state index contributed by atoms with van der Waals surface area (Å²) in [5.41, 5.74) is 0. The number of hydrogen-bond donors (Lipinski definition) is 2. The van der Waals surface area contributed by atoms with E-state index in [-0.39, 0.29) is 0 Å². The average molecular weight is 275 g/mol. The number of aromatic nitrogens is 5.